The van der Waals surface area contributed by atoms with Crippen molar-refractivity contribution in [3.8, 4) is 40.2 Å². The SMILES string of the molecule is C[C@@H]1C[C@@H]2C[C@H](C)CC(c3ccc(-c4nc(-c5ccccc5)nc(-c5cc6ccccc6c6c(C#N)cccc56)n4)cc3)(C1)C2. The van der Waals surface area contributed by atoms with Crippen LogP contribution in [0.5, 0.6) is 0 Å². The number of nitrogens with zero attached hydrogens (tertiary/aromatic N) is 4. The van der Waals surface area contributed by atoms with Crippen LogP contribution in [0.2, 0.25) is 0 Å². The molecule has 0 radical (unpaired) electrons. The molecule has 2 saturated carbocycles. The fraction of sp³-hybridized carbons (Fsp3) is 0.268. The Morgan fingerprint density at radius 1 is 0.644 bits per heavy atom. The van der Waals surface area contributed by atoms with E-state index in [1.165, 1.54) is 37.7 Å². The molecular formula is C41H36N4. The van der Waals surface area contributed by atoms with Crippen molar-refractivity contribution in [3.05, 3.63) is 114 Å². The maximum atomic E-state index is 10.1. The van der Waals surface area contributed by atoms with Crippen molar-refractivity contribution in [2.24, 2.45) is 17.8 Å². The standard InChI is InChI=1S/C41H36N4/c1-26-19-28-20-27(2)23-41(22-26,24-28)33-17-15-30(16-18-33)39-43-38(29-9-4-3-5-10-29)44-40(45-39)36-21-31-11-6-7-13-34(31)37-32(25-42)12-8-14-35(36)37/h3-18,21,26-28H,19-20,22-24H2,1-2H3/t26-,27+,28-,41?. The third-order valence-corrected chi connectivity index (χ3v) is 10.3. The number of benzene rings is 5. The van der Waals surface area contributed by atoms with Gasteiger partial charge in [-0.3, -0.25) is 0 Å². The second-order valence-corrected chi connectivity index (χ2v) is 13.7. The van der Waals surface area contributed by atoms with Crippen LogP contribution in [-0.2, 0) is 5.41 Å². The Morgan fingerprint density at radius 2 is 1.27 bits per heavy atom. The lowest BCUT2D eigenvalue weighted by atomic mass is 9.54. The summed E-state index contributed by atoms with van der Waals surface area (Å²) in [6.07, 6.45) is 6.62. The molecule has 0 spiro atoms. The molecule has 0 amide bonds. The predicted molar refractivity (Wildman–Crippen MR) is 182 cm³/mol. The lowest BCUT2D eigenvalue weighted by Gasteiger charge is -2.50. The number of nitriles is 1. The lowest BCUT2D eigenvalue weighted by Crippen LogP contribution is -2.42. The van der Waals surface area contributed by atoms with Gasteiger partial charge >= 0.3 is 0 Å². The molecule has 4 nitrogen and oxygen atoms in total. The minimum absolute atomic E-state index is 0.278. The minimum Gasteiger partial charge on any atom is -0.208 e. The predicted octanol–water partition coefficient (Wildman–Crippen LogP) is 10.2. The Bertz CT molecular complexity index is 2070. The van der Waals surface area contributed by atoms with Crippen molar-refractivity contribution in [3.63, 3.8) is 0 Å². The molecule has 2 fully saturated rings. The van der Waals surface area contributed by atoms with Crippen LogP contribution >= 0.6 is 0 Å². The van der Waals surface area contributed by atoms with Crippen molar-refractivity contribution in [2.45, 2.75) is 51.4 Å². The molecule has 6 aromatic rings. The van der Waals surface area contributed by atoms with Crippen LogP contribution in [-0.4, -0.2) is 15.0 Å². The van der Waals surface area contributed by atoms with E-state index < -0.39 is 0 Å². The molecule has 0 N–H and O–H groups in total. The molecule has 2 aliphatic rings. The van der Waals surface area contributed by atoms with Gasteiger partial charge in [-0.05, 0) is 89.1 Å². The van der Waals surface area contributed by atoms with Gasteiger partial charge < -0.3 is 0 Å². The summed E-state index contributed by atoms with van der Waals surface area (Å²) in [5, 5.41) is 14.1. The van der Waals surface area contributed by atoms with Gasteiger partial charge in [0.2, 0.25) is 0 Å². The summed E-state index contributed by atoms with van der Waals surface area (Å²) in [5.74, 6) is 4.30. The lowest BCUT2D eigenvalue weighted by molar-refractivity contribution is 0.0780. The number of aromatic nitrogens is 3. The molecule has 2 bridgehead atoms. The highest BCUT2D eigenvalue weighted by Gasteiger charge is 2.45. The normalized spacial score (nSPS) is 22.7. The largest absolute Gasteiger partial charge is 0.208 e. The van der Waals surface area contributed by atoms with Gasteiger partial charge in [0, 0.05) is 22.1 Å². The number of hydrogen-bond acceptors (Lipinski definition) is 4. The zero-order valence-corrected chi connectivity index (χ0v) is 25.9. The summed E-state index contributed by atoms with van der Waals surface area (Å²) in [7, 11) is 0. The Hall–Kier alpha value is -4.88. The van der Waals surface area contributed by atoms with Crippen molar-refractivity contribution in [1.29, 1.82) is 5.26 Å². The van der Waals surface area contributed by atoms with Crippen LogP contribution in [0.1, 0.15) is 57.1 Å². The van der Waals surface area contributed by atoms with E-state index in [1.807, 2.05) is 54.6 Å². The molecule has 45 heavy (non-hydrogen) atoms. The maximum Gasteiger partial charge on any atom is 0.164 e. The van der Waals surface area contributed by atoms with Crippen molar-refractivity contribution in [2.75, 3.05) is 0 Å². The number of hydrogen-bond donors (Lipinski definition) is 0. The number of fused-ring (bicyclic) bond motifs is 5. The molecule has 1 unspecified atom stereocenters. The molecular weight excluding hydrogens is 548 g/mol. The van der Waals surface area contributed by atoms with E-state index in [0.717, 1.165) is 56.0 Å². The van der Waals surface area contributed by atoms with Gasteiger partial charge in [0.05, 0.1) is 11.6 Å². The van der Waals surface area contributed by atoms with Crippen molar-refractivity contribution >= 4 is 21.5 Å². The van der Waals surface area contributed by atoms with E-state index >= 15 is 0 Å². The zero-order valence-electron chi connectivity index (χ0n) is 25.9. The fourth-order valence-electron chi connectivity index (χ4n) is 8.80. The van der Waals surface area contributed by atoms with Gasteiger partial charge in [0.1, 0.15) is 0 Å². The van der Waals surface area contributed by atoms with Gasteiger partial charge in [-0.25, -0.2) is 15.0 Å². The van der Waals surface area contributed by atoms with Gasteiger partial charge in [-0.1, -0.05) is 105 Å². The monoisotopic (exact) mass is 584 g/mol. The number of rotatable bonds is 4. The van der Waals surface area contributed by atoms with Crippen LogP contribution in [0.3, 0.4) is 0 Å². The molecule has 2 aliphatic carbocycles. The summed E-state index contributed by atoms with van der Waals surface area (Å²) in [6.45, 7) is 4.89. The molecule has 4 heteroatoms. The van der Waals surface area contributed by atoms with E-state index in [-0.39, 0.29) is 5.41 Å². The quantitative estimate of drug-likeness (QED) is 0.193. The zero-order chi connectivity index (χ0) is 30.5. The Morgan fingerprint density at radius 3 is 1.98 bits per heavy atom. The van der Waals surface area contributed by atoms with Crippen LogP contribution in [0, 0.1) is 29.1 Å². The third-order valence-electron chi connectivity index (χ3n) is 10.3. The van der Waals surface area contributed by atoms with E-state index in [4.69, 9.17) is 15.0 Å². The van der Waals surface area contributed by atoms with Crippen molar-refractivity contribution in [1.82, 2.24) is 15.0 Å². The van der Waals surface area contributed by atoms with E-state index in [0.29, 0.717) is 23.0 Å². The molecule has 220 valence electrons. The summed E-state index contributed by atoms with van der Waals surface area (Å²) in [6, 6.07) is 38.0. The van der Waals surface area contributed by atoms with Crippen LogP contribution < -0.4 is 0 Å². The molecule has 4 atom stereocenters. The van der Waals surface area contributed by atoms with Gasteiger partial charge in [-0.2, -0.15) is 5.26 Å². The summed E-state index contributed by atoms with van der Waals surface area (Å²) < 4.78 is 0. The van der Waals surface area contributed by atoms with Crippen molar-refractivity contribution < 1.29 is 0 Å². The topological polar surface area (TPSA) is 62.5 Å². The molecule has 1 aromatic heterocycles. The first kappa shape index (κ1) is 27.7. The smallest absolute Gasteiger partial charge is 0.164 e. The first-order chi connectivity index (χ1) is 22.0. The fourth-order valence-corrected chi connectivity index (χ4v) is 8.80. The van der Waals surface area contributed by atoms with E-state index in [2.05, 4.69) is 68.4 Å². The first-order valence-corrected chi connectivity index (χ1v) is 16.3. The van der Waals surface area contributed by atoms with Gasteiger partial charge in [0.25, 0.3) is 0 Å². The van der Waals surface area contributed by atoms with E-state index in [1.54, 1.807) is 0 Å². The van der Waals surface area contributed by atoms with Gasteiger partial charge in [-0.15, -0.1) is 0 Å². The van der Waals surface area contributed by atoms with E-state index in [9.17, 15) is 5.26 Å². The molecule has 8 rings (SSSR count). The highest BCUT2D eigenvalue weighted by Crippen LogP contribution is 2.54. The molecule has 5 aromatic carbocycles. The molecule has 0 saturated heterocycles. The third kappa shape index (κ3) is 4.88. The second kappa shape index (κ2) is 10.9. The molecule has 0 aliphatic heterocycles. The first-order valence-electron chi connectivity index (χ1n) is 16.3. The molecule has 1 heterocycles. The summed E-state index contributed by atoms with van der Waals surface area (Å²) in [5.41, 5.74) is 5.23. The average molecular weight is 585 g/mol. The van der Waals surface area contributed by atoms with Crippen LogP contribution in [0.4, 0.5) is 0 Å². The maximum absolute atomic E-state index is 10.1. The Balaban J connectivity index is 1.29. The van der Waals surface area contributed by atoms with Crippen LogP contribution in [0.15, 0.2) is 103 Å². The highest BCUT2D eigenvalue weighted by molar-refractivity contribution is 6.15. The average Bonchev–Trinajstić information content (AvgIpc) is 3.07. The summed E-state index contributed by atoms with van der Waals surface area (Å²) >= 11 is 0. The highest BCUT2D eigenvalue weighted by atomic mass is 15.0. The summed E-state index contributed by atoms with van der Waals surface area (Å²) in [4.78, 5) is 15.2. The Labute approximate surface area is 264 Å². The van der Waals surface area contributed by atoms with Gasteiger partial charge in [0.15, 0.2) is 17.5 Å². The second-order valence-electron chi connectivity index (χ2n) is 13.7. The Kier molecular flexibility index (Phi) is 6.72. The van der Waals surface area contributed by atoms with Crippen LogP contribution in [0.25, 0.3) is 55.7 Å². The minimum atomic E-state index is 0.278.